The van der Waals surface area contributed by atoms with Crippen LogP contribution in [0, 0.1) is 6.07 Å². The van der Waals surface area contributed by atoms with Crippen molar-refractivity contribution in [1.29, 1.82) is 0 Å². The number of hydrogen-bond donors (Lipinski definition) is 0. The second kappa shape index (κ2) is 4.64. The molecule has 0 nitrogen and oxygen atoms in total. The van der Waals surface area contributed by atoms with E-state index in [1.54, 1.807) is 0 Å². The van der Waals surface area contributed by atoms with Gasteiger partial charge < -0.3 is 17.0 Å². The molecule has 0 saturated carbocycles. The molecule has 0 heterocycles. The van der Waals surface area contributed by atoms with Crippen LogP contribution in [0.4, 0.5) is 0 Å². The summed E-state index contributed by atoms with van der Waals surface area (Å²) in [6.45, 7) is 0. The molecule has 2 heteroatoms. The van der Waals surface area contributed by atoms with Crippen molar-refractivity contribution in [2.45, 2.75) is 12.8 Å². The van der Waals surface area contributed by atoms with Gasteiger partial charge in [-0.05, 0) is 12.8 Å². The smallest absolute Gasteiger partial charge is 1.00 e. The fourth-order valence-corrected chi connectivity index (χ4v) is 2.10. The summed E-state index contributed by atoms with van der Waals surface area (Å²) in [6, 6.07) is 14.0. The van der Waals surface area contributed by atoms with Gasteiger partial charge in [-0.25, -0.2) is 0 Å². The second-order valence-electron chi connectivity index (χ2n) is 3.34. The molecule has 0 atom stereocenters. The van der Waals surface area contributed by atoms with Crippen LogP contribution in [0.3, 0.4) is 0 Å². The van der Waals surface area contributed by atoms with Gasteiger partial charge in [-0.2, -0.15) is 0 Å². The molecule has 0 saturated heterocycles. The Bertz CT molecular complexity index is 412. The van der Waals surface area contributed by atoms with Crippen molar-refractivity contribution >= 4 is 33.8 Å². The molecule has 1 aliphatic carbocycles. The molecule has 2 aromatic rings. The van der Waals surface area contributed by atoms with Crippen LogP contribution in [0.2, 0.25) is 0 Å². The average molecular weight is 257 g/mol. The molecular formula is C12H9BrMg. The van der Waals surface area contributed by atoms with Crippen LogP contribution in [0.15, 0.2) is 30.3 Å². The second-order valence-corrected chi connectivity index (χ2v) is 3.34. The van der Waals surface area contributed by atoms with E-state index in [9.17, 15) is 0 Å². The predicted molar refractivity (Wildman–Crippen MR) is 55.9 cm³/mol. The van der Waals surface area contributed by atoms with Gasteiger partial charge in [0, 0.05) is 0 Å². The van der Waals surface area contributed by atoms with Crippen LogP contribution in [-0.4, -0.2) is 23.1 Å². The Morgan fingerprint density at radius 1 is 1.00 bits per heavy atom. The zero-order chi connectivity index (χ0) is 7.97. The molecule has 0 fully saturated rings. The van der Waals surface area contributed by atoms with E-state index in [2.05, 4.69) is 30.3 Å². The molecule has 3 rings (SSSR count). The molecular weight excluding hydrogens is 248 g/mol. The Labute approximate surface area is 111 Å². The minimum atomic E-state index is 0. The summed E-state index contributed by atoms with van der Waals surface area (Å²) in [5, 5.41) is 2.74. The van der Waals surface area contributed by atoms with E-state index in [0.29, 0.717) is 0 Å². The Balaban J connectivity index is 0.000000490. The summed E-state index contributed by atoms with van der Waals surface area (Å²) in [6.07, 6.45) is 2.43. The Morgan fingerprint density at radius 2 is 1.71 bits per heavy atom. The zero-order valence-corrected chi connectivity index (χ0v) is 10.9. The third kappa shape index (κ3) is 1.71. The third-order valence-corrected chi connectivity index (χ3v) is 2.66. The largest absolute Gasteiger partial charge is 2.00 e. The summed E-state index contributed by atoms with van der Waals surface area (Å²) < 4.78 is 0. The SMILES string of the molecule is [Br-].[Mg+2].[c-]1ccc2c3c(cccc13)CC2. The van der Waals surface area contributed by atoms with Crippen LogP contribution in [-0.2, 0) is 12.8 Å². The Kier molecular flexibility index (Phi) is 3.99. The Hall–Kier alpha value is -0.0538. The fraction of sp³-hybridized carbons (Fsp3) is 0.167. The molecule has 14 heavy (non-hydrogen) atoms. The number of benzene rings is 2. The monoisotopic (exact) mass is 256 g/mol. The van der Waals surface area contributed by atoms with Gasteiger partial charge in [-0.15, -0.1) is 46.7 Å². The van der Waals surface area contributed by atoms with E-state index in [1.165, 1.54) is 34.7 Å². The van der Waals surface area contributed by atoms with E-state index in [-0.39, 0.29) is 40.0 Å². The van der Waals surface area contributed by atoms with Crippen LogP contribution in [0.1, 0.15) is 11.1 Å². The van der Waals surface area contributed by atoms with Gasteiger partial charge in [0.2, 0.25) is 0 Å². The molecule has 0 unspecified atom stereocenters. The molecule has 0 amide bonds. The van der Waals surface area contributed by atoms with Crippen molar-refractivity contribution in [2.24, 2.45) is 0 Å². The maximum Gasteiger partial charge on any atom is 2.00 e. The van der Waals surface area contributed by atoms with E-state index in [0.717, 1.165) is 0 Å². The van der Waals surface area contributed by atoms with E-state index < -0.39 is 0 Å². The first-order valence-electron chi connectivity index (χ1n) is 4.36. The van der Waals surface area contributed by atoms with Crippen LogP contribution in [0.25, 0.3) is 10.8 Å². The average Bonchev–Trinajstić information content (AvgIpc) is 2.52. The predicted octanol–water partition coefficient (Wildman–Crippen LogP) is -0.638. The van der Waals surface area contributed by atoms with E-state index >= 15 is 0 Å². The summed E-state index contributed by atoms with van der Waals surface area (Å²) >= 11 is 0. The quantitative estimate of drug-likeness (QED) is 0.435. The number of rotatable bonds is 0. The van der Waals surface area contributed by atoms with Gasteiger partial charge in [0.15, 0.2) is 0 Å². The van der Waals surface area contributed by atoms with Crippen molar-refractivity contribution in [1.82, 2.24) is 0 Å². The summed E-state index contributed by atoms with van der Waals surface area (Å²) in [4.78, 5) is 0. The molecule has 0 spiro atoms. The fourth-order valence-electron chi connectivity index (χ4n) is 2.10. The molecule has 0 radical (unpaired) electrons. The van der Waals surface area contributed by atoms with Crippen molar-refractivity contribution in [3.8, 4) is 0 Å². The maximum atomic E-state index is 3.27. The number of aryl methyl sites for hydroxylation is 2. The van der Waals surface area contributed by atoms with Crippen molar-refractivity contribution in [3.05, 3.63) is 47.5 Å². The maximum absolute atomic E-state index is 3.27. The normalized spacial score (nSPS) is 12.0. The van der Waals surface area contributed by atoms with E-state index in [4.69, 9.17) is 0 Å². The van der Waals surface area contributed by atoms with Crippen molar-refractivity contribution in [2.75, 3.05) is 0 Å². The van der Waals surface area contributed by atoms with Gasteiger partial charge in [0.25, 0.3) is 0 Å². The topological polar surface area (TPSA) is 0 Å². The summed E-state index contributed by atoms with van der Waals surface area (Å²) in [7, 11) is 0. The number of hydrogen-bond acceptors (Lipinski definition) is 0. The molecule has 0 N–H and O–H groups in total. The summed E-state index contributed by atoms with van der Waals surface area (Å²) in [5.74, 6) is 0. The molecule has 0 aliphatic heterocycles. The molecule has 0 bridgehead atoms. The standard InChI is InChI=1S/C12H9.BrH.Mg/c1-3-9-4-2-6-11-8-7-10(5-1)12(9)11;;/h1-3,5-6H,7-8H2;1H;/q-1;;+2/p-1. The first-order valence-corrected chi connectivity index (χ1v) is 4.36. The van der Waals surface area contributed by atoms with E-state index in [1.807, 2.05) is 6.07 Å². The minimum Gasteiger partial charge on any atom is -1.00 e. The van der Waals surface area contributed by atoms with Gasteiger partial charge in [0.05, 0.1) is 0 Å². The first kappa shape index (κ1) is 12.0. The molecule has 0 aromatic heterocycles. The third-order valence-electron chi connectivity index (χ3n) is 2.66. The molecule has 1 aliphatic rings. The molecule has 66 valence electrons. The van der Waals surface area contributed by atoms with Crippen molar-refractivity contribution in [3.63, 3.8) is 0 Å². The van der Waals surface area contributed by atoms with Gasteiger partial charge >= 0.3 is 23.1 Å². The van der Waals surface area contributed by atoms with Gasteiger partial charge in [-0.3, -0.25) is 0 Å². The van der Waals surface area contributed by atoms with Crippen LogP contribution >= 0.6 is 0 Å². The van der Waals surface area contributed by atoms with Gasteiger partial charge in [-0.1, -0.05) is 11.6 Å². The van der Waals surface area contributed by atoms with Gasteiger partial charge in [0.1, 0.15) is 0 Å². The zero-order valence-electron chi connectivity index (χ0n) is 7.89. The number of halogens is 1. The first-order chi connectivity index (χ1) is 5.95. The minimum absolute atomic E-state index is 0. The molecule has 2 aromatic carbocycles. The summed E-state index contributed by atoms with van der Waals surface area (Å²) in [5.41, 5.74) is 3.00. The Morgan fingerprint density at radius 3 is 2.50 bits per heavy atom. The van der Waals surface area contributed by atoms with Crippen molar-refractivity contribution < 1.29 is 17.0 Å². The van der Waals surface area contributed by atoms with Crippen LogP contribution in [0.5, 0.6) is 0 Å². The van der Waals surface area contributed by atoms with Crippen LogP contribution < -0.4 is 17.0 Å².